The predicted octanol–water partition coefficient (Wildman–Crippen LogP) is 1.40. The number of esters is 1. The fourth-order valence-electron chi connectivity index (χ4n) is 1.57. The van der Waals surface area contributed by atoms with Crippen molar-refractivity contribution >= 4 is 11.9 Å². The first kappa shape index (κ1) is 14.2. The molecular formula is C13H18N2O3. The molecule has 0 saturated carbocycles. The van der Waals surface area contributed by atoms with E-state index in [1.54, 1.807) is 18.3 Å². The lowest BCUT2D eigenvalue weighted by atomic mass is 10.0. The number of aromatic nitrogens is 1. The maximum atomic E-state index is 11.9. The number of hydrogen-bond donors (Lipinski definition) is 1. The summed E-state index contributed by atoms with van der Waals surface area (Å²) in [5, 5.41) is 2.66. The number of nitrogens with zero attached hydrogens (tertiary/aromatic N) is 1. The van der Waals surface area contributed by atoms with Crippen LogP contribution in [0.4, 0.5) is 0 Å². The quantitative estimate of drug-likeness (QED) is 0.802. The first-order valence-electron chi connectivity index (χ1n) is 5.83. The highest BCUT2D eigenvalue weighted by Gasteiger charge is 2.23. The van der Waals surface area contributed by atoms with Gasteiger partial charge in [-0.05, 0) is 24.5 Å². The molecule has 0 bridgehead atoms. The zero-order valence-corrected chi connectivity index (χ0v) is 10.8. The average Bonchev–Trinajstić information content (AvgIpc) is 2.37. The number of nitrogens with one attached hydrogen (secondary N) is 1. The second-order valence-corrected chi connectivity index (χ2v) is 4.42. The Morgan fingerprint density at radius 2 is 2.17 bits per heavy atom. The van der Waals surface area contributed by atoms with E-state index >= 15 is 0 Å². The second kappa shape index (κ2) is 6.74. The molecule has 0 unspecified atom stereocenters. The molecule has 1 atom stereocenters. The lowest BCUT2D eigenvalue weighted by Gasteiger charge is -2.18. The van der Waals surface area contributed by atoms with Gasteiger partial charge in [-0.15, -0.1) is 0 Å². The smallest absolute Gasteiger partial charge is 0.328 e. The van der Waals surface area contributed by atoms with E-state index in [0.717, 1.165) is 0 Å². The Bertz CT molecular complexity index is 404. The molecule has 98 valence electrons. The van der Waals surface area contributed by atoms with Gasteiger partial charge >= 0.3 is 5.97 Å². The summed E-state index contributed by atoms with van der Waals surface area (Å²) in [6.07, 6.45) is 3.58. The predicted molar refractivity (Wildman–Crippen MR) is 67.0 cm³/mol. The third-order valence-electron chi connectivity index (χ3n) is 2.42. The molecule has 1 aromatic rings. The van der Waals surface area contributed by atoms with Crippen molar-refractivity contribution in [3.63, 3.8) is 0 Å². The number of pyridine rings is 1. The summed E-state index contributed by atoms with van der Waals surface area (Å²) in [6.45, 7) is 3.96. The summed E-state index contributed by atoms with van der Waals surface area (Å²) in [5.41, 5.74) is 0.426. The highest BCUT2D eigenvalue weighted by atomic mass is 16.5. The maximum absolute atomic E-state index is 11.9. The van der Waals surface area contributed by atoms with Crippen LogP contribution >= 0.6 is 0 Å². The second-order valence-electron chi connectivity index (χ2n) is 4.42. The van der Waals surface area contributed by atoms with Crippen LogP contribution in [0.2, 0.25) is 0 Å². The fraction of sp³-hybridized carbons (Fsp3) is 0.462. The molecule has 0 aliphatic heterocycles. The molecule has 0 fully saturated rings. The van der Waals surface area contributed by atoms with E-state index in [2.05, 4.69) is 15.0 Å². The molecule has 0 spiro atoms. The first-order chi connectivity index (χ1) is 8.54. The lowest BCUT2D eigenvalue weighted by Crippen LogP contribution is -2.42. The standard InChI is InChI=1S/C13H18N2O3/c1-9(2)7-11(13(17)18-3)15-12(16)10-5-4-6-14-8-10/h4-6,8-9,11H,7H2,1-3H3,(H,15,16)/t11-/m0/s1. The van der Waals surface area contributed by atoms with Crippen LogP contribution in [0.3, 0.4) is 0 Å². The van der Waals surface area contributed by atoms with E-state index < -0.39 is 12.0 Å². The van der Waals surface area contributed by atoms with E-state index in [-0.39, 0.29) is 11.8 Å². The number of carbonyl (C=O) groups is 2. The Kier molecular flexibility index (Phi) is 5.30. The Hall–Kier alpha value is -1.91. The Morgan fingerprint density at radius 1 is 1.44 bits per heavy atom. The Balaban J connectivity index is 2.71. The van der Waals surface area contributed by atoms with Crippen molar-refractivity contribution in [1.82, 2.24) is 10.3 Å². The average molecular weight is 250 g/mol. The molecule has 5 heteroatoms. The van der Waals surface area contributed by atoms with Crippen LogP contribution in [0, 0.1) is 5.92 Å². The minimum Gasteiger partial charge on any atom is -0.467 e. The number of ether oxygens (including phenoxy) is 1. The molecule has 1 N–H and O–H groups in total. The highest BCUT2D eigenvalue weighted by Crippen LogP contribution is 2.07. The first-order valence-corrected chi connectivity index (χ1v) is 5.83. The van der Waals surface area contributed by atoms with Crippen molar-refractivity contribution in [2.45, 2.75) is 26.3 Å². The van der Waals surface area contributed by atoms with E-state index in [4.69, 9.17) is 0 Å². The maximum Gasteiger partial charge on any atom is 0.328 e. The van der Waals surface area contributed by atoms with Crippen molar-refractivity contribution in [3.8, 4) is 0 Å². The lowest BCUT2D eigenvalue weighted by molar-refractivity contribution is -0.143. The van der Waals surface area contributed by atoms with Gasteiger partial charge in [-0.25, -0.2) is 4.79 Å². The van der Waals surface area contributed by atoms with Crippen molar-refractivity contribution in [3.05, 3.63) is 30.1 Å². The van der Waals surface area contributed by atoms with E-state index in [1.165, 1.54) is 13.3 Å². The van der Waals surface area contributed by atoms with E-state index in [9.17, 15) is 9.59 Å². The zero-order chi connectivity index (χ0) is 13.5. The number of methoxy groups -OCH3 is 1. The van der Waals surface area contributed by atoms with Crippen LogP contribution < -0.4 is 5.32 Å². The van der Waals surface area contributed by atoms with Crippen molar-refractivity contribution in [2.24, 2.45) is 5.92 Å². The van der Waals surface area contributed by atoms with E-state index in [1.807, 2.05) is 13.8 Å². The molecule has 0 aromatic carbocycles. The molecule has 0 saturated heterocycles. The van der Waals surface area contributed by atoms with Crippen molar-refractivity contribution < 1.29 is 14.3 Å². The van der Waals surface area contributed by atoms with Gasteiger partial charge in [0.2, 0.25) is 0 Å². The number of hydrogen-bond acceptors (Lipinski definition) is 4. The van der Waals surface area contributed by atoms with E-state index in [0.29, 0.717) is 12.0 Å². The third-order valence-corrected chi connectivity index (χ3v) is 2.42. The minimum absolute atomic E-state index is 0.281. The summed E-state index contributed by atoms with van der Waals surface area (Å²) in [5.74, 6) is -0.469. The molecule has 18 heavy (non-hydrogen) atoms. The summed E-state index contributed by atoms with van der Waals surface area (Å²) in [7, 11) is 1.31. The summed E-state index contributed by atoms with van der Waals surface area (Å²) >= 11 is 0. The largest absolute Gasteiger partial charge is 0.467 e. The molecule has 0 aliphatic carbocycles. The van der Waals surface area contributed by atoms with Gasteiger partial charge in [0.1, 0.15) is 6.04 Å². The molecule has 0 aliphatic rings. The molecule has 1 aromatic heterocycles. The van der Waals surface area contributed by atoms with Gasteiger partial charge in [-0.2, -0.15) is 0 Å². The van der Waals surface area contributed by atoms with Crippen LogP contribution in [-0.2, 0) is 9.53 Å². The monoisotopic (exact) mass is 250 g/mol. The molecule has 1 heterocycles. The number of amides is 1. The third kappa shape index (κ3) is 4.16. The molecule has 0 radical (unpaired) electrons. The summed E-state index contributed by atoms with van der Waals surface area (Å²) in [4.78, 5) is 27.3. The molecular weight excluding hydrogens is 232 g/mol. The van der Waals surface area contributed by atoms with Crippen LogP contribution in [-0.4, -0.2) is 30.0 Å². The van der Waals surface area contributed by atoms with Gasteiger partial charge in [0.25, 0.3) is 5.91 Å². The van der Waals surface area contributed by atoms with Crippen LogP contribution in [0.25, 0.3) is 0 Å². The van der Waals surface area contributed by atoms with Gasteiger partial charge in [-0.1, -0.05) is 13.8 Å². The molecule has 5 nitrogen and oxygen atoms in total. The SMILES string of the molecule is COC(=O)[C@H](CC(C)C)NC(=O)c1cccnc1. The Labute approximate surface area is 107 Å². The number of carbonyl (C=O) groups excluding carboxylic acids is 2. The van der Waals surface area contributed by atoms with Gasteiger partial charge < -0.3 is 10.1 Å². The van der Waals surface area contributed by atoms with Gasteiger partial charge in [0.15, 0.2) is 0 Å². The van der Waals surface area contributed by atoms with Crippen LogP contribution in [0.1, 0.15) is 30.6 Å². The summed E-state index contributed by atoms with van der Waals surface area (Å²) < 4.78 is 4.68. The normalized spacial score (nSPS) is 12.0. The fourth-order valence-corrected chi connectivity index (χ4v) is 1.57. The minimum atomic E-state index is -0.622. The van der Waals surface area contributed by atoms with Crippen molar-refractivity contribution in [2.75, 3.05) is 7.11 Å². The zero-order valence-electron chi connectivity index (χ0n) is 10.8. The molecule has 1 amide bonds. The Morgan fingerprint density at radius 3 is 2.67 bits per heavy atom. The topological polar surface area (TPSA) is 68.3 Å². The number of rotatable bonds is 5. The highest BCUT2D eigenvalue weighted by molar-refractivity contribution is 5.96. The molecule has 1 rings (SSSR count). The van der Waals surface area contributed by atoms with Gasteiger partial charge in [0, 0.05) is 12.4 Å². The van der Waals surface area contributed by atoms with Crippen LogP contribution in [0.5, 0.6) is 0 Å². The van der Waals surface area contributed by atoms with Crippen LogP contribution in [0.15, 0.2) is 24.5 Å². The van der Waals surface area contributed by atoms with Gasteiger partial charge in [-0.3, -0.25) is 9.78 Å². The van der Waals surface area contributed by atoms with Gasteiger partial charge in [0.05, 0.1) is 12.7 Å². The van der Waals surface area contributed by atoms with Crippen molar-refractivity contribution in [1.29, 1.82) is 0 Å². The summed E-state index contributed by atoms with van der Waals surface area (Å²) in [6, 6.07) is 2.69.